The lowest BCUT2D eigenvalue weighted by atomic mass is 10.1. The Morgan fingerprint density at radius 3 is 2.89 bits per heavy atom. The van der Waals surface area contributed by atoms with Crippen LogP contribution in [0.25, 0.3) is 0 Å². The summed E-state index contributed by atoms with van der Waals surface area (Å²) in [7, 11) is 0. The third-order valence-corrected chi connectivity index (χ3v) is 3.36. The quantitative estimate of drug-likeness (QED) is 0.906. The molecule has 1 aromatic heterocycles. The average molecular weight is 320 g/mol. The van der Waals surface area contributed by atoms with Crippen LogP contribution in [0.4, 0.5) is 5.82 Å². The van der Waals surface area contributed by atoms with E-state index in [0.29, 0.717) is 0 Å². The van der Waals surface area contributed by atoms with Crippen molar-refractivity contribution >= 4 is 21.7 Å². The van der Waals surface area contributed by atoms with Crippen LogP contribution < -0.4 is 5.32 Å². The number of halogens is 1. The van der Waals surface area contributed by atoms with Gasteiger partial charge < -0.3 is 5.32 Å². The van der Waals surface area contributed by atoms with Gasteiger partial charge in [-0.25, -0.2) is 9.97 Å². The number of benzene rings is 1. The lowest BCUT2D eigenvalue weighted by Gasteiger charge is -2.08. The SMILES string of the molecule is CCCNc1nc(Cc2cccc(C)c2)ncc1Br. The van der Waals surface area contributed by atoms with Crippen LogP contribution in [0.2, 0.25) is 0 Å². The average Bonchev–Trinajstić information content (AvgIpc) is 2.39. The van der Waals surface area contributed by atoms with Crippen molar-refractivity contribution < 1.29 is 0 Å². The molecule has 2 aromatic rings. The number of aryl methyl sites for hydroxylation is 1. The maximum atomic E-state index is 4.57. The summed E-state index contributed by atoms with van der Waals surface area (Å²) in [6.07, 6.45) is 3.65. The zero-order valence-corrected chi connectivity index (χ0v) is 12.9. The van der Waals surface area contributed by atoms with E-state index in [2.05, 4.69) is 69.3 Å². The molecule has 1 aromatic carbocycles. The third-order valence-electron chi connectivity index (χ3n) is 2.78. The molecule has 3 nitrogen and oxygen atoms in total. The van der Waals surface area contributed by atoms with Crippen molar-refractivity contribution in [2.45, 2.75) is 26.7 Å². The number of anilines is 1. The van der Waals surface area contributed by atoms with E-state index in [0.717, 1.165) is 35.5 Å². The van der Waals surface area contributed by atoms with Crippen LogP contribution in [-0.2, 0) is 6.42 Å². The van der Waals surface area contributed by atoms with Crippen LogP contribution in [-0.4, -0.2) is 16.5 Å². The second-order valence-electron chi connectivity index (χ2n) is 4.58. The van der Waals surface area contributed by atoms with Crippen molar-refractivity contribution in [3.05, 3.63) is 51.9 Å². The smallest absolute Gasteiger partial charge is 0.144 e. The van der Waals surface area contributed by atoms with E-state index < -0.39 is 0 Å². The van der Waals surface area contributed by atoms with Gasteiger partial charge in [0.05, 0.1) is 4.47 Å². The molecule has 0 bridgehead atoms. The van der Waals surface area contributed by atoms with Gasteiger partial charge in [0.1, 0.15) is 11.6 Å². The maximum Gasteiger partial charge on any atom is 0.144 e. The molecule has 0 atom stereocenters. The van der Waals surface area contributed by atoms with Gasteiger partial charge in [0.25, 0.3) is 0 Å². The van der Waals surface area contributed by atoms with E-state index in [-0.39, 0.29) is 0 Å². The Labute approximate surface area is 122 Å². The number of hydrogen-bond donors (Lipinski definition) is 1. The normalized spacial score (nSPS) is 10.5. The zero-order valence-electron chi connectivity index (χ0n) is 11.3. The fourth-order valence-electron chi connectivity index (χ4n) is 1.86. The lowest BCUT2D eigenvalue weighted by molar-refractivity contribution is 0.926. The first-order valence-corrected chi connectivity index (χ1v) is 7.29. The predicted octanol–water partition coefficient (Wildman–Crippen LogP) is 3.96. The molecule has 1 N–H and O–H groups in total. The fourth-order valence-corrected chi connectivity index (χ4v) is 2.19. The van der Waals surface area contributed by atoms with Gasteiger partial charge in [-0.15, -0.1) is 0 Å². The minimum Gasteiger partial charge on any atom is -0.369 e. The Morgan fingerprint density at radius 2 is 2.16 bits per heavy atom. The van der Waals surface area contributed by atoms with Crippen LogP contribution in [0.1, 0.15) is 30.3 Å². The first-order chi connectivity index (χ1) is 9.19. The molecule has 0 radical (unpaired) electrons. The summed E-state index contributed by atoms with van der Waals surface area (Å²) in [4.78, 5) is 8.94. The van der Waals surface area contributed by atoms with Gasteiger partial charge in [0.2, 0.25) is 0 Å². The summed E-state index contributed by atoms with van der Waals surface area (Å²) in [6, 6.07) is 8.45. The molecule has 0 saturated heterocycles. The molecule has 0 spiro atoms. The molecular formula is C15H18BrN3. The highest BCUT2D eigenvalue weighted by Crippen LogP contribution is 2.19. The Bertz CT molecular complexity index is 555. The van der Waals surface area contributed by atoms with Crippen LogP contribution in [0.5, 0.6) is 0 Å². The summed E-state index contributed by atoms with van der Waals surface area (Å²) < 4.78 is 0.911. The topological polar surface area (TPSA) is 37.8 Å². The molecular weight excluding hydrogens is 302 g/mol. The van der Waals surface area contributed by atoms with Crippen LogP contribution in [0.15, 0.2) is 34.9 Å². The largest absolute Gasteiger partial charge is 0.369 e. The standard InChI is InChI=1S/C15H18BrN3/c1-3-7-17-15-13(16)10-18-14(19-15)9-12-6-4-5-11(2)8-12/h4-6,8,10H,3,7,9H2,1-2H3,(H,17,18,19). The maximum absolute atomic E-state index is 4.57. The number of hydrogen-bond acceptors (Lipinski definition) is 3. The van der Waals surface area contributed by atoms with E-state index in [9.17, 15) is 0 Å². The number of nitrogens with one attached hydrogen (secondary N) is 1. The van der Waals surface area contributed by atoms with E-state index in [1.807, 2.05) is 6.20 Å². The monoisotopic (exact) mass is 319 g/mol. The molecule has 100 valence electrons. The Balaban J connectivity index is 2.16. The summed E-state index contributed by atoms with van der Waals surface area (Å²) in [5.74, 6) is 1.71. The Kier molecular flexibility index (Phi) is 4.91. The summed E-state index contributed by atoms with van der Waals surface area (Å²) in [6.45, 7) is 5.15. The van der Waals surface area contributed by atoms with Gasteiger partial charge in [0, 0.05) is 19.2 Å². The van der Waals surface area contributed by atoms with Gasteiger partial charge in [-0.1, -0.05) is 36.8 Å². The van der Waals surface area contributed by atoms with Crippen molar-refractivity contribution in [3.8, 4) is 0 Å². The Hall–Kier alpha value is -1.42. The highest BCUT2D eigenvalue weighted by Gasteiger charge is 2.05. The molecule has 4 heteroatoms. The van der Waals surface area contributed by atoms with Crippen molar-refractivity contribution in [2.24, 2.45) is 0 Å². The summed E-state index contributed by atoms with van der Waals surface area (Å²) in [5.41, 5.74) is 2.50. The van der Waals surface area contributed by atoms with Crippen molar-refractivity contribution in [2.75, 3.05) is 11.9 Å². The lowest BCUT2D eigenvalue weighted by Crippen LogP contribution is -2.06. The van der Waals surface area contributed by atoms with Crippen LogP contribution in [0.3, 0.4) is 0 Å². The molecule has 0 aliphatic heterocycles. The first kappa shape index (κ1) is 14.0. The molecule has 19 heavy (non-hydrogen) atoms. The highest BCUT2D eigenvalue weighted by molar-refractivity contribution is 9.10. The third kappa shape index (κ3) is 4.03. The second kappa shape index (κ2) is 6.66. The molecule has 0 aliphatic rings. The van der Waals surface area contributed by atoms with E-state index in [1.54, 1.807) is 0 Å². The molecule has 0 unspecified atom stereocenters. The minimum absolute atomic E-state index is 0.760. The van der Waals surface area contributed by atoms with Gasteiger partial charge in [-0.2, -0.15) is 0 Å². The number of aromatic nitrogens is 2. The van der Waals surface area contributed by atoms with Crippen molar-refractivity contribution in [1.29, 1.82) is 0 Å². The Morgan fingerprint density at radius 1 is 1.32 bits per heavy atom. The molecule has 0 aliphatic carbocycles. The molecule has 2 rings (SSSR count). The highest BCUT2D eigenvalue weighted by atomic mass is 79.9. The first-order valence-electron chi connectivity index (χ1n) is 6.50. The van der Waals surface area contributed by atoms with Crippen LogP contribution >= 0.6 is 15.9 Å². The van der Waals surface area contributed by atoms with Crippen molar-refractivity contribution in [3.63, 3.8) is 0 Å². The zero-order chi connectivity index (χ0) is 13.7. The van der Waals surface area contributed by atoms with Crippen molar-refractivity contribution in [1.82, 2.24) is 9.97 Å². The molecule has 1 heterocycles. The van der Waals surface area contributed by atoms with Gasteiger partial charge >= 0.3 is 0 Å². The van der Waals surface area contributed by atoms with E-state index >= 15 is 0 Å². The van der Waals surface area contributed by atoms with Crippen LogP contribution in [0, 0.1) is 6.92 Å². The molecule has 0 fully saturated rings. The predicted molar refractivity (Wildman–Crippen MR) is 82.5 cm³/mol. The molecule has 0 saturated carbocycles. The summed E-state index contributed by atoms with van der Waals surface area (Å²) in [5, 5.41) is 3.30. The van der Waals surface area contributed by atoms with Gasteiger partial charge in [0.15, 0.2) is 0 Å². The molecule has 0 amide bonds. The van der Waals surface area contributed by atoms with Gasteiger partial charge in [-0.3, -0.25) is 0 Å². The van der Waals surface area contributed by atoms with E-state index in [4.69, 9.17) is 0 Å². The minimum atomic E-state index is 0.760. The van der Waals surface area contributed by atoms with Gasteiger partial charge in [-0.05, 0) is 34.8 Å². The number of nitrogens with zero attached hydrogens (tertiary/aromatic N) is 2. The fraction of sp³-hybridized carbons (Fsp3) is 0.333. The van der Waals surface area contributed by atoms with E-state index in [1.165, 1.54) is 11.1 Å². The second-order valence-corrected chi connectivity index (χ2v) is 5.43. The number of rotatable bonds is 5. The summed E-state index contributed by atoms with van der Waals surface area (Å²) >= 11 is 3.47.